The normalized spacial score (nSPS) is 12.4. The van der Waals surface area contributed by atoms with E-state index in [1.54, 1.807) is 0 Å². The second-order valence-corrected chi connectivity index (χ2v) is 5.04. The van der Waals surface area contributed by atoms with E-state index in [9.17, 15) is 0 Å². The lowest BCUT2D eigenvalue weighted by molar-refractivity contribution is 0.664. The van der Waals surface area contributed by atoms with E-state index in [2.05, 4.69) is 61.4 Å². The molecule has 0 fully saturated rings. The third-order valence-corrected chi connectivity index (χ3v) is 3.51. The molecule has 1 aromatic carbocycles. The molecular weight excluding hydrogens is 232 g/mol. The number of nitrogens with one attached hydrogen (secondary N) is 1. The summed E-state index contributed by atoms with van der Waals surface area (Å²) in [5, 5.41) is 3.38. The molecule has 1 unspecified atom stereocenters. The molecule has 0 amide bonds. The van der Waals surface area contributed by atoms with Crippen LogP contribution >= 0.6 is 0 Å². The maximum absolute atomic E-state index is 4.62. The summed E-state index contributed by atoms with van der Waals surface area (Å²) in [6.07, 6.45) is 3.00. The molecule has 0 bridgehead atoms. The summed E-state index contributed by atoms with van der Waals surface area (Å²) in [6.45, 7) is 6.39. The number of pyridine rings is 1. The summed E-state index contributed by atoms with van der Waals surface area (Å²) in [7, 11) is 1.99. The molecule has 1 atom stereocenters. The van der Waals surface area contributed by atoms with Gasteiger partial charge in [0.2, 0.25) is 0 Å². The zero-order valence-electron chi connectivity index (χ0n) is 12.2. The van der Waals surface area contributed by atoms with Crippen LogP contribution in [0, 0.1) is 13.8 Å². The maximum Gasteiger partial charge on any atom is 0.0751 e. The Morgan fingerprint density at radius 1 is 1.21 bits per heavy atom. The molecule has 0 radical (unpaired) electrons. The average Bonchev–Trinajstić information content (AvgIpc) is 2.42. The molecule has 2 rings (SSSR count). The van der Waals surface area contributed by atoms with Gasteiger partial charge in [-0.15, -0.1) is 0 Å². The molecule has 19 heavy (non-hydrogen) atoms. The third kappa shape index (κ3) is 3.02. The van der Waals surface area contributed by atoms with E-state index in [0.717, 1.165) is 12.1 Å². The zero-order valence-corrected chi connectivity index (χ0v) is 12.2. The van der Waals surface area contributed by atoms with Crippen molar-refractivity contribution >= 4 is 0 Å². The molecule has 0 spiro atoms. The van der Waals surface area contributed by atoms with Crippen LogP contribution < -0.4 is 5.32 Å². The maximum atomic E-state index is 4.62. The van der Waals surface area contributed by atoms with Crippen molar-refractivity contribution in [3.8, 4) is 0 Å². The second kappa shape index (κ2) is 5.98. The van der Waals surface area contributed by atoms with Crippen molar-refractivity contribution in [2.75, 3.05) is 7.05 Å². The number of aryl methyl sites for hydroxylation is 3. The van der Waals surface area contributed by atoms with E-state index in [1.807, 2.05) is 13.2 Å². The number of benzene rings is 1. The molecule has 2 heteroatoms. The van der Waals surface area contributed by atoms with Crippen LogP contribution in [0.1, 0.15) is 40.9 Å². The van der Waals surface area contributed by atoms with Crippen LogP contribution in [0.3, 0.4) is 0 Å². The first kappa shape index (κ1) is 13.8. The average molecular weight is 254 g/mol. The van der Waals surface area contributed by atoms with Crippen molar-refractivity contribution in [1.29, 1.82) is 0 Å². The van der Waals surface area contributed by atoms with Gasteiger partial charge in [0.15, 0.2) is 0 Å². The zero-order chi connectivity index (χ0) is 13.8. The first-order chi connectivity index (χ1) is 9.15. The molecule has 2 nitrogen and oxygen atoms in total. The molecule has 0 saturated heterocycles. The van der Waals surface area contributed by atoms with Crippen molar-refractivity contribution in [2.24, 2.45) is 0 Å². The molecule has 1 heterocycles. The monoisotopic (exact) mass is 254 g/mol. The minimum absolute atomic E-state index is 0.159. The van der Waals surface area contributed by atoms with E-state index in [4.69, 9.17) is 0 Å². The predicted molar refractivity (Wildman–Crippen MR) is 80.4 cm³/mol. The lowest BCUT2D eigenvalue weighted by Crippen LogP contribution is -2.20. The highest BCUT2D eigenvalue weighted by atomic mass is 14.9. The van der Waals surface area contributed by atoms with Gasteiger partial charge < -0.3 is 5.32 Å². The second-order valence-electron chi connectivity index (χ2n) is 5.04. The van der Waals surface area contributed by atoms with Gasteiger partial charge in [0.05, 0.1) is 11.7 Å². The van der Waals surface area contributed by atoms with Gasteiger partial charge in [-0.3, -0.25) is 4.98 Å². The van der Waals surface area contributed by atoms with Crippen molar-refractivity contribution in [3.05, 3.63) is 64.5 Å². The van der Waals surface area contributed by atoms with Crippen LogP contribution in [0.25, 0.3) is 0 Å². The summed E-state index contributed by atoms with van der Waals surface area (Å²) in [5.74, 6) is 0. The Kier molecular flexibility index (Phi) is 4.33. The summed E-state index contributed by atoms with van der Waals surface area (Å²) in [6, 6.07) is 11.1. The number of aromatic nitrogens is 1. The standard InChI is InChI=1S/C17H22N2/c1-5-14-7-6-8-15(10-14)17(18-4)16-13(3)9-12(2)11-19-16/h6-11,17-18H,5H2,1-4H3. The third-order valence-electron chi connectivity index (χ3n) is 3.51. The Hall–Kier alpha value is -1.67. The van der Waals surface area contributed by atoms with Gasteiger partial charge in [-0.1, -0.05) is 37.3 Å². The molecule has 1 N–H and O–H groups in total. The van der Waals surface area contributed by atoms with Crippen LogP contribution in [0.2, 0.25) is 0 Å². The minimum atomic E-state index is 0.159. The van der Waals surface area contributed by atoms with Crippen LogP contribution in [0.5, 0.6) is 0 Å². The summed E-state index contributed by atoms with van der Waals surface area (Å²) >= 11 is 0. The highest BCUT2D eigenvalue weighted by Crippen LogP contribution is 2.24. The fourth-order valence-electron chi connectivity index (χ4n) is 2.48. The highest BCUT2D eigenvalue weighted by Gasteiger charge is 2.15. The largest absolute Gasteiger partial charge is 0.308 e. The van der Waals surface area contributed by atoms with E-state index in [1.165, 1.54) is 22.3 Å². The number of rotatable bonds is 4. The fraction of sp³-hybridized carbons (Fsp3) is 0.353. The van der Waals surface area contributed by atoms with Gasteiger partial charge in [-0.05, 0) is 49.6 Å². The first-order valence-corrected chi connectivity index (χ1v) is 6.85. The summed E-state index contributed by atoms with van der Waals surface area (Å²) in [4.78, 5) is 4.62. The van der Waals surface area contributed by atoms with Gasteiger partial charge >= 0.3 is 0 Å². The summed E-state index contributed by atoms with van der Waals surface area (Å²) in [5.41, 5.74) is 6.20. The van der Waals surface area contributed by atoms with E-state index >= 15 is 0 Å². The Labute approximate surface area is 115 Å². The predicted octanol–water partition coefficient (Wildman–Crippen LogP) is 3.57. The molecule has 0 saturated carbocycles. The first-order valence-electron chi connectivity index (χ1n) is 6.85. The Morgan fingerprint density at radius 3 is 2.63 bits per heavy atom. The van der Waals surface area contributed by atoms with Crippen molar-refractivity contribution in [1.82, 2.24) is 10.3 Å². The lowest BCUT2D eigenvalue weighted by atomic mass is 9.97. The van der Waals surface area contributed by atoms with Crippen LogP contribution in [0.15, 0.2) is 36.5 Å². The van der Waals surface area contributed by atoms with Crippen LogP contribution in [0.4, 0.5) is 0 Å². The van der Waals surface area contributed by atoms with Gasteiger partial charge in [0.25, 0.3) is 0 Å². The molecule has 0 aliphatic rings. The van der Waals surface area contributed by atoms with E-state index < -0.39 is 0 Å². The Bertz CT molecular complexity index is 561. The smallest absolute Gasteiger partial charge is 0.0751 e. The van der Waals surface area contributed by atoms with Crippen molar-refractivity contribution < 1.29 is 0 Å². The van der Waals surface area contributed by atoms with Crippen molar-refractivity contribution in [2.45, 2.75) is 33.2 Å². The van der Waals surface area contributed by atoms with Crippen LogP contribution in [-0.2, 0) is 6.42 Å². The highest BCUT2D eigenvalue weighted by molar-refractivity contribution is 5.35. The molecular formula is C17H22N2. The SMILES string of the molecule is CCc1cccc(C(NC)c2ncc(C)cc2C)c1. The molecule has 0 aliphatic carbocycles. The van der Waals surface area contributed by atoms with Crippen molar-refractivity contribution in [3.63, 3.8) is 0 Å². The molecule has 100 valence electrons. The molecule has 1 aromatic heterocycles. The minimum Gasteiger partial charge on any atom is -0.308 e. The van der Waals surface area contributed by atoms with Gasteiger partial charge in [-0.25, -0.2) is 0 Å². The molecule has 2 aromatic rings. The van der Waals surface area contributed by atoms with Gasteiger partial charge in [0, 0.05) is 6.20 Å². The number of hydrogen-bond donors (Lipinski definition) is 1. The van der Waals surface area contributed by atoms with Gasteiger partial charge in [-0.2, -0.15) is 0 Å². The number of hydrogen-bond acceptors (Lipinski definition) is 2. The summed E-state index contributed by atoms with van der Waals surface area (Å²) < 4.78 is 0. The topological polar surface area (TPSA) is 24.9 Å². The fourth-order valence-corrected chi connectivity index (χ4v) is 2.48. The quantitative estimate of drug-likeness (QED) is 0.902. The van der Waals surface area contributed by atoms with Gasteiger partial charge in [0.1, 0.15) is 0 Å². The van der Waals surface area contributed by atoms with E-state index in [0.29, 0.717) is 0 Å². The van der Waals surface area contributed by atoms with Crippen LogP contribution in [-0.4, -0.2) is 12.0 Å². The lowest BCUT2D eigenvalue weighted by Gasteiger charge is -2.19. The van der Waals surface area contributed by atoms with E-state index in [-0.39, 0.29) is 6.04 Å². The number of nitrogens with zero attached hydrogens (tertiary/aromatic N) is 1. The Morgan fingerprint density at radius 2 is 2.00 bits per heavy atom. The molecule has 0 aliphatic heterocycles. The Balaban J connectivity index is 2.43.